The zero-order chi connectivity index (χ0) is 19.7. The lowest BCUT2D eigenvalue weighted by Crippen LogP contribution is -2.49. The van der Waals surface area contributed by atoms with Gasteiger partial charge < -0.3 is 14.3 Å². The molecule has 0 fully saturated rings. The molecule has 2 aromatic carbocycles. The molecule has 1 atom stereocenters. The third kappa shape index (κ3) is 6.81. The van der Waals surface area contributed by atoms with Gasteiger partial charge in [-0.15, -0.1) is 0 Å². The van der Waals surface area contributed by atoms with E-state index in [4.69, 9.17) is 4.74 Å². The van der Waals surface area contributed by atoms with Crippen LogP contribution in [0.5, 0.6) is 5.75 Å². The van der Waals surface area contributed by atoms with Gasteiger partial charge in [0, 0.05) is 12.0 Å². The van der Waals surface area contributed by atoms with E-state index in [0.29, 0.717) is 24.3 Å². The number of carbonyl (C=O) groups excluding carboxylic acids is 1. The molecule has 4 nitrogen and oxygen atoms in total. The van der Waals surface area contributed by atoms with Crippen molar-refractivity contribution in [3.8, 4) is 5.75 Å². The molecule has 0 aliphatic heterocycles. The number of aliphatic hydroxyl groups excluding tert-OH is 1. The molecular formula is C23H32NO3+. The van der Waals surface area contributed by atoms with Gasteiger partial charge in [-0.1, -0.05) is 42.5 Å². The molecule has 2 rings (SSSR count). The average Bonchev–Trinajstić information content (AvgIpc) is 2.71. The number of hydrogen-bond donors (Lipinski definition) is 1. The summed E-state index contributed by atoms with van der Waals surface area (Å²) in [7, 11) is 2.13. The minimum atomic E-state index is -0.535. The molecule has 4 heteroatoms. The third-order valence-electron chi connectivity index (χ3n) is 5.26. The number of nitrogens with zero attached hydrogens (tertiary/aromatic N) is 1. The van der Waals surface area contributed by atoms with E-state index in [0.717, 1.165) is 29.6 Å². The summed E-state index contributed by atoms with van der Waals surface area (Å²) in [5.74, 6) is 0.730. The second kappa shape index (κ2) is 10.2. The van der Waals surface area contributed by atoms with Crippen molar-refractivity contribution in [1.29, 1.82) is 0 Å². The molecule has 146 valence electrons. The molecule has 0 saturated heterocycles. The summed E-state index contributed by atoms with van der Waals surface area (Å²) in [6.45, 7) is 7.08. The van der Waals surface area contributed by atoms with E-state index in [9.17, 15) is 9.90 Å². The smallest absolute Gasteiger partial charge is 0.163 e. The topological polar surface area (TPSA) is 46.5 Å². The van der Waals surface area contributed by atoms with E-state index in [2.05, 4.69) is 20.9 Å². The Morgan fingerprint density at radius 2 is 1.78 bits per heavy atom. The minimum Gasteiger partial charge on any atom is -0.491 e. The zero-order valence-corrected chi connectivity index (χ0v) is 16.7. The zero-order valence-electron chi connectivity index (χ0n) is 16.7. The SMILES string of the molecule is CC[N+](C)(CC)CC(O)COc1cccc(C(=O)CCc2ccccc2)c1. The highest BCUT2D eigenvalue weighted by Gasteiger charge is 2.22. The normalized spacial score (nSPS) is 12.6. The van der Waals surface area contributed by atoms with Gasteiger partial charge >= 0.3 is 0 Å². The first kappa shape index (κ1) is 21.1. The van der Waals surface area contributed by atoms with E-state index >= 15 is 0 Å². The lowest BCUT2D eigenvalue weighted by molar-refractivity contribution is -0.909. The standard InChI is InChI=1S/C23H32NO3/c1-4-24(3,5-2)17-21(25)18-27-22-13-9-12-20(16-22)23(26)15-14-19-10-7-6-8-11-19/h6-13,16,21,25H,4-5,14-15,17-18H2,1-3H3/q+1. The second-order valence-electron chi connectivity index (χ2n) is 7.34. The molecule has 0 bridgehead atoms. The van der Waals surface area contributed by atoms with Crippen LogP contribution in [0.1, 0.15) is 36.2 Å². The maximum atomic E-state index is 12.5. The summed E-state index contributed by atoms with van der Waals surface area (Å²) in [5.41, 5.74) is 1.81. The van der Waals surface area contributed by atoms with E-state index in [-0.39, 0.29) is 12.4 Å². The summed E-state index contributed by atoms with van der Waals surface area (Å²) in [4.78, 5) is 12.5. The first-order valence-electron chi connectivity index (χ1n) is 9.77. The summed E-state index contributed by atoms with van der Waals surface area (Å²) in [6, 6.07) is 17.3. The van der Waals surface area contributed by atoms with E-state index < -0.39 is 6.10 Å². The van der Waals surface area contributed by atoms with Crippen LogP contribution in [0.15, 0.2) is 54.6 Å². The molecule has 0 heterocycles. The Kier molecular flexibility index (Phi) is 8.01. The van der Waals surface area contributed by atoms with Gasteiger partial charge in [0.2, 0.25) is 0 Å². The molecule has 2 aromatic rings. The molecule has 27 heavy (non-hydrogen) atoms. The maximum absolute atomic E-state index is 12.5. The number of ketones is 1. The first-order valence-corrected chi connectivity index (χ1v) is 9.77. The Bertz CT molecular complexity index is 711. The number of benzene rings is 2. The predicted octanol–water partition coefficient (Wildman–Crippen LogP) is 3.73. The van der Waals surface area contributed by atoms with Crippen molar-refractivity contribution in [1.82, 2.24) is 0 Å². The summed E-state index contributed by atoms with van der Waals surface area (Å²) in [5, 5.41) is 10.3. The lowest BCUT2D eigenvalue weighted by atomic mass is 10.0. The number of likely N-dealkylation sites (N-methyl/N-ethyl adjacent to an activating group) is 1. The van der Waals surface area contributed by atoms with Crippen molar-refractivity contribution in [2.75, 3.05) is 33.3 Å². The molecular weight excluding hydrogens is 338 g/mol. The van der Waals surface area contributed by atoms with Crippen molar-refractivity contribution in [3.05, 3.63) is 65.7 Å². The van der Waals surface area contributed by atoms with Gasteiger partial charge in [-0.2, -0.15) is 0 Å². The Labute approximate surface area is 163 Å². The Hall–Kier alpha value is -2.17. The van der Waals surface area contributed by atoms with Crippen molar-refractivity contribution >= 4 is 5.78 Å². The third-order valence-corrected chi connectivity index (χ3v) is 5.26. The summed E-state index contributed by atoms with van der Waals surface area (Å²) < 4.78 is 6.55. The quantitative estimate of drug-likeness (QED) is 0.484. The highest BCUT2D eigenvalue weighted by Crippen LogP contribution is 2.16. The van der Waals surface area contributed by atoms with Crippen LogP contribution < -0.4 is 4.74 Å². The Morgan fingerprint density at radius 1 is 1.07 bits per heavy atom. The van der Waals surface area contributed by atoms with Gasteiger partial charge in [-0.3, -0.25) is 4.79 Å². The van der Waals surface area contributed by atoms with E-state index in [1.807, 2.05) is 48.5 Å². The van der Waals surface area contributed by atoms with Crippen molar-refractivity contribution in [2.24, 2.45) is 0 Å². The second-order valence-corrected chi connectivity index (χ2v) is 7.34. The van der Waals surface area contributed by atoms with Gasteiger partial charge in [-0.05, 0) is 38.0 Å². The maximum Gasteiger partial charge on any atom is 0.163 e. The molecule has 0 spiro atoms. The monoisotopic (exact) mass is 370 g/mol. The largest absolute Gasteiger partial charge is 0.491 e. The average molecular weight is 371 g/mol. The lowest BCUT2D eigenvalue weighted by Gasteiger charge is -2.33. The number of quaternary nitrogens is 1. The number of rotatable bonds is 11. The summed E-state index contributed by atoms with van der Waals surface area (Å²) >= 11 is 0. The van der Waals surface area contributed by atoms with Crippen LogP contribution in [-0.4, -0.2) is 54.8 Å². The highest BCUT2D eigenvalue weighted by molar-refractivity contribution is 5.96. The van der Waals surface area contributed by atoms with Crippen molar-refractivity contribution < 1.29 is 19.1 Å². The fourth-order valence-electron chi connectivity index (χ4n) is 3.04. The van der Waals surface area contributed by atoms with Crippen molar-refractivity contribution in [3.63, 3.8) is 0 Å². The van der Waals surface area contributed by atoms with Crippen LogP contribution in [0.25, 0.3) is 0 Å². The van der Waals surface area contributed by atoms with Crippen LogP contribution in [0.2, 0.25) is 0 Å². The van der Waals surface area contributed by atoms with E-state index in [1.165, 1.54) is 0 Å². The van der Waals surface area contributed by atoms with Crippen LogP contribution in [0.3, 0.4) is 0 Å². The van der Waals surface area contributed by atoms with Gasteiger partial charge in [0.1, 0.15) is 25.0 Å². The van der Waals surface area contributed by atoms with Gasteiger partial charge in [0.05, 0.1) is 20.1 Å². The molecule has 1 N–H and O–H groups in total. The molecule has 0 radical (unpaired) electrons. The molecule has 0 saturated carbocycles. The van der Waals surface area contributed by atoms with Gasteiger partial charge in [0.25, 0.3) is 0 Å². The molecule has 0 aliphatic carbocycles. The van der Waals surface area contributed by atoms with Crippen molar-refractivity contribution in [2.45, 2.75) is 32.8 Å². The number of aliphatic hydroxyl groups is 1. The number of ether oxygens (including phenoxy) is 1. The molecule has 0 amide bonds. The van der Waals surface area contributed by atoms with Crippen LogP contribution in [0.4, 0.5) is 0 Å². The molecule has 0 aliphatic rings. The van der Waals surface area contributed by atoms with E-state index in [1.54, 1.807) is 6.07 Å². The van der Waals surface area contributed by atoms with Gasteiger partial charge in [0.15, 0.2) is 5.78 Å². The van der Waals surface area contributed by atoms with Crippen LogP contribution in [0, 0.1) is 0 Å². The van der Waals surface area contributed by atoms with Crippen LogP contribution in [-0.2, 0) is 6.42 Å². The highest BCUT2D eigenvalue weighted by atomic mass is 16.5. The fraction of sp³-hybridized carbons (Fsp3) is 0.435. The Morgan fingerprint density at radius 3 is 2.44 bits per heavy atom. The Balaban J connectivity index is 1.88. The number of hydrogen-bond acceptors (Lipinski definition) is 3. The predicted molar refractivity (Wildman–Crippen MR) is 109 cm³/mol. The minimum absolute atomic E-state index is 0.103. The molecule has 0 aromatic heterocycles. The van der Waals surface area contributed by atoms with Crippen LogP contribution >= 0.6 is 0 Å². The number of aryl methyl sites for hydroxylation is 1. The fourth-order valence-corrected chi connectivity index (χ4v) is 3.04. The first-order chi connectivity index (χ1) is 13.0. The molecule has 1 unspecified atom stereocenters. The van der Waals surface area contributed by atoms with Gasteiger partial charge in [-0.25, -0.2) is 0 Å². The number of carbonyl (C=O) groups is 1. The number of Topliss-reactive ketones (excluding diaryl/α,β-unsaturated/α-hetero) is 1. The summed E-state index contributed by atoms with van der Waals surface area (Å²) in [6.07, 6.45) is 0.666.